The number of carboxylic acid groups (broad SMARTS) is 1. The van der Waals surface area contributed by atoms with Crippen LogP contribution in [0.25, 0.3) is 0 Å². The standard InChI is InChI=1S/C25H38O7Si/c1-15(2)33(16(3)4,17(5)6)14-12-19-9-7-18(8-10-19)11-13-31-25-22(28)20(26)21(27)23(32-25)24(29)30/h7-10,15-17,20-23,25-28H,11,13H2,1-6H3,(H,29,30)/t20-,21-,22+,23-,25+/m0/s1. The molecule has 1 aromatic rings. The van der Waals surface area contributed by atoms with Crippen LogP contribution in [0.2, 0.25) is 16.6 Å². The number of rotatable bonds is 8. The minimum absolute atomic E-state index is 0.145. The molecule has 184 valence electrons. The predicted molar refractivity (Wildman–Crippen MR) is 128 cm³/mol. The Bertz CT molecular complexity index is 819. The van der Waals surface area contributed by atoms with E-state index in [2.05, 4.69) is 53.0 Å². The van der Waals surface area contributed by atoms with Gasteiger partial charge in [-0.3, -0.25) is 0 Å². The van der Waals surface area contributed by atoms with Crippen molar-refractivity contribution in [2.75, 3.05) is 6.61 Å². The highest BCUT2D eigenvalue weighted by molar-refractivity contribution is 6.90. The van der Waals surface area contributed by atoms with Crippen LogP contribution in [-0.2, 0) is 20.7 Å². The number of carbonyl (C=O) groups is 1. The fraction of sp³-hybridized carbons (Fsp3) is 0.640. The molecule has 0 bridgehead atoms. The molecule has 0 aliphatic carbocycles. The lowest BCUT2D eigenvalue weighted by Crippen LogP contribution is -2.60. The Morgan fingerprint density at radius 3 is 2.00 bits per heavy atom. The quantitative estimate of drug-likeness (QED) is 0.335. The van der Waals surface area contributed by atoms with E-state index in [-0.39, 0.29) is 6.61 Å². The summed E-state index contributed by atoms with van der Waals surface area (Å²) in [6.45, 7) is 13.9. The molecule has 0 radical (unpaired) electrons. The molecule has 1 aliphatic heterocycles. The smallest absolute Gasteiger partial charge is 0.335 e. The normalized spacial score (nSPS) is 25.9. The van der Waals surface area contributed by atoms with Crippen molar-refractivity contribution >= 4 is 14.0 Å². The van der Waals surface area contributed by atoms with Crippen LogP contribution in [0.15, 0.2) is 24.3 Å². The SMILES string of the molecule is CC(C)[Si](C#Cc1ccc(CCO[C@@H]2O[C@H](C(=O)O)[C@@H](O)[C@H](O)[C@H]2O)cc1)(C(C)C)C(C)C. The van der Waals surface area contributed by atoms with Crippen LogP contribution in [-0.4, -0.2) is 71.8 Å². The third-order valence-corrected chi connectivity index (χ3v) is 13.0. The highest BCUT2D eigenvalue weighted by Crippen LogP contribution is 2.40. The number of benzene rings is 1. The van der Waals surface area contributed by atoms with E-state index in [1.54, 1.807) is 0 Å². The first-order valence-corrected chi connectivity index (χ1v) is 13.8. The second kappa shape index (κ2) is 11.6. The van der Waals surface area contributed by atoms with Gasteiger partial charge in [-0.25, -0.2) is 4.79 Å². The van der Waals surface area contributed by atoms with E-state index in [1.807, 2.05) is 24.3 Å². The molecule has 2 rings (SSSR count). The van der Waals surface area contributed by atoms with Crippen LogP contribution in [0.4, 0.5) is 0 Å². The first-order chi connectivity index (χ1) is 15.4. The summed E-state index contributed by atoms with van der Waals surface area (Å²) in [5.74, 6) is 1.98. The van der Waals surface area contributed by atoms with E-state index in [4.69, 9.17) is 14.6 Å². The first kappa shape index (κ1) is 27.5. The maximum absolute atomic E-state index is 11.2. The van der Waals surface area contributed by atoms with Gasteiger partial charge in [0, 0.05) is 5.56 Å². The van der Waals surface area contributed by atoms with Crippen LogP contribution < -0.4 is 0 Å². The molecule has 1 heterocycles. The zero-order valence-electron chi connectivity index (χ0n) is 20.4. The Morgan fingerprint density at radius 1 is 0.970 bits per heavy atom. The van der Waals surface area contributed by atoms with E-state index in [0.717, 1.165) is 11.1 Å². The van der Waals surface area contributed by atoms with Crippen molar-refractivity contribution in [1.29, 1.82) is 0 Å². The van der Waals surface area contributed by atoms with Gasteiger partial charge in [0.25, 0.3) is 0 Å². The van der Waals surface area contributed by atoms with Gasteiger partial charge < -0.3 is 29.9 Å². The summed E-state index contributed by atoms with van der Waals surface area (Å²) in [7, 11) is -1.79. The number of aliphatic hydroxyl groups excluding tert-OH is 3. The van der Waals surface area contributed by atoms with Crippen molar-refractivity contribution in [2.45, 2.75) is 95.3 Å². The van der Waals surface area contributed by atoms with Gasteiger partial charge in [-0.15, -0.1) is 5.54 Å². The molecule has 0 saturated carbocycles. The highest BCUT2D eigenvalue weighted by Gasteiger charge is 2.47. The van der Waals surface area contributed by atoms with Crippen molar-refractivity contribution in [3.63, 3.8) is 0 Å². The third kappa shape index (κ3) is 6.24. The number of hydrogen-bond donors (Lipinski definition) is 4. The molecule has 33 heavy (non-hydrogen) atoms. The molecule has 0 aromatic heterocycles. The average molecular weight is 479 g/mol. The van der Waals surface area contributed by atoms with Crippen molar-refractivity contribution < 1.29 is 34.7 Å². The molecular weight excluding hydrogens is 440 g/mol. The Kier molecular flexibility index (Phi) is 9.67. The highest BCUT2D eigenvalue weighted by atomic mass is 28.3. The summed E-state index contributed by atoms with van der Waals surface area (Å²) >= 11 is 0. The second-order valence-corrected chi connectivity index (χ2v) is 15.3. The molecule has 0 amide bonds. The number of aliphatic hydroxyl groups is 3. The Morgan fingerprint density at radius 2 is 1.52 bits per heavy atom. The summed E-state index contributed by atoms with van der Waals surface area (Å²) in [5.41, 5.74) is 7.36. The second-order valence-electron chi connectivity index (χ2n) is 9.70. The van der Waals surface area contributed by atoms with Crippen molar-refractivity contribution in [3.05, 3.63) is 35.4 Å². The van der Waals surface area contributed by atoms with Crippen molar-refractivity contribution in [2.24, 2.45) is 0 Å². The summed E-state index contributed by atoms with van der Waals surface area (Å²) in [6, 6.07) is 7.89. The van der Waals surface area contributed by atoms with Crippen LogP contribution in [0.1, 0.15) is 52.7 Å². The Hall–Kier alpha value is -1.73. The lowest BCUT2D eigenvalue weighted by Gasteiger charge is -2.38. The van der Waals surface area contributed by atoms with Crippen LogP contribution in [0.5, 0.6) is 0 Å². The Balaban J connectivity index is 2.01. The predicted octanol–water partition coefficient (Wildman–Crippen LogP) is 2.71. The van der Waals surface area contributed by atoms with Gasteiger partial charge in [0.1, 0.15) is 26.4 Å². The zero-order valence-corrected chi connectivity index (χ0v) is 21.4. The molecule has 4 N–H and O–H groups in total. The minimum Gasteiger partial charge on any atom is -0.479 e. The summed E-state index contributed by atoms with van der Waals surface area (Å²) in [5, 5.41) is 38.7. The monoisotopic (exact) mass is 478 g/mol. The minimum atomic E-state index is -1.79. The summed E-state index contributed by atoms with van der Waals surface area (Å²) in [6.07, 6.45) is -7.43. The maximum atomic E-state index is 11.2. The molecule has 5 atom stereocenters. The molecule has 1 aliphatic rings. The number of carboxylic acids is 1. The molecular formula is C25H38O7Si. The lowest BCUT2D eigenvalue weighted by atomic mass is 9.99. The van der Waals surface area contributed by atoms with E-state index < -0.39 is 44.7 Å². The fourth-order valence-electron chi connectivity index (χ4n) is 4.85. The van der Waals surface area contributed by atoms with Gasteiger partial charge in [0.2, 0.25) is 0 Å². The largest absolute Gasteiger partial charge is 0.479 e. The first-order valence-electron chi connectivity index (χ1n) is 11.6. The fourth-order valence-corrected chi connectivity index (χ4v) is 10.1. The molecule has 0 unspecified atom stereocenters. The zero-order chi connectivity index (χ0) is 24.9. The number of aliphatic carboxylic acids is 1. The van der Waals surface area contributed by atoms with Crippen LogP contribution >= 0.6 is 0 Å². The molecule has 0 spiro atoms. The van der Waals surface area contributed by atoms with Crippen molar-refractivity contribution in [3.8, 4) is 11.5 Å². The number of ether oxygens (including phenoxy) is 2. The van der Waals surface area contributed by atoms with Gasteiger partial charge in [0.05, 0.1) is 6.61 Å². The molecule has 8 heteroatoms. The summed E-state index contributed by atoms with van der Waals surface area (Å²) < 4.78 is 10.6. The van der Waals surface area contributed by atoms with Gasteiger partial charge >= 0.3 is 5.97 Å². The van der Waals surface area contributed by atoms with Crippen LogP contribution in [0.3, 0.4) is 0 Å². The van der Waals surface area contributed by atoms with Crippen molar-refractivity contribution in [1.82, 2.24) is 0 Å². The van der Waals surface area contributed by atoms with Gasteiger partial charge in [-0.1, -0.05) is 59.6 Å². The van der Waals surface area contributed by atoms with E-state index in [9.17, 15) is 20.1 Å². The Labute approximate surface area is 197 Å². The lowest BCUT2D eigenvalue weighted by molar-refractivity contribution is -0.293. The molecule has 7 nitrogen and oxygen atoms in total. The molecule has 1 aromatic carbocycles. The van der Waals surface area contributed by atoms with E-state index >= 15 is 0 Å². The average Bonchev–Trinajstić information content (AvgIpc) is 2.74. The van der Waals surface area contributed by atoms with Gasteiger partial charge in [0.15, 0.2) is 12.4 Å². The third-order valence-electron chi connectivity index (χ3n) is 6.73. The van der Waals surface area contributed by atoms with Gasteiger partial charge in [-0.2, -0.15) is 0 Å². The topological polar surface area (TPSA) is 116 Å². The van der Waals surface area contributed by atoms with E-state index in [1.165, 1.54) is 0 Å². The van der Waals surface area contributed by atoms with Gasteiger partial charge in [-0.05, 0) is 40.7 Å². The molecule has 1 fully saturated rings. The van der Waals surface area contributed by atoms with Crippen LogP contribution in [0, 0.1) is 11.5 Å². The number of hydrogen-bond acceptors (Lipinski definition) is 6. The van der Waals surface area contributed by atoms with E-state index in [0.29, 0.717) is 23.0 Å². The summed E-state index contributed by atoms with van der Waals surface area (Å²) in [4.78, 5) is 11.2. The maximum Gasteiger partial charge on any atom is 0.335 e. The molecule has 1 saturated heterocycles.